The molecule has 29 heavy (non-hydrogen) atoms. The van der Waals surface area contributed by atoms with E-state index in [9.17, 15) is 4.79 Å². The Morgan fingerprint density at radius 3 is 2.48 bits per heavy atom. The highest BCUT2D eigenvalue weighted by atomic mass is 16.5. The van der Waals surface area contributed by atoms with Gasteiger partial charge in [0.2, 0.25) is 5.82 Å². The quantitative estimate of drug-likeness (QED) is 0.610. The first-order valence-electron chi connectivity index (χ1n) is 10.0. The summed E-state index contributed by atoms with van der Waals surface area (Å²) in [7, 11) is 0. The third kappa shape index (κ3) is 4.54. The second-order valence-electron chi connectivity index (χ2n) is 7.48. The Hall–Kier alpha value is -2.99. The van der Waals surface area contributed by atoms with E-state index in [1.54, 1.807) is 0 Å². The van der Waals surface area contributed by atoms with E-state index in [2.05, 4.69) is 27.6 Å². The summed E-state index contributed by atoms with van der Waals surface area (Å²) in [5.41, 5.74) is 4.20. The lowest BCUT2D eigenvalue weighted by atomic mass is 9.80. The molecule has 1 aliphatic carbocycles. The molecule has 0 spiro atoms. The van der Waals surface area contributed by atoms with E-state index >= 15 is 0 Å². The average Bonchev–Trinajstić information content (AvgIpc) is 3.18. The van der Waals surface area contributed by atoms with E-state index in [0.29, 0.717) is 24.4 Å². The molecule has 0 unspecified atom stereocenters. The molecule has 1 fully saturated rings. The molecule has 6 nitrogen and oxygen atoms in total. The number of ether oxygens (including phenoxy) is 1. The SMILES string of the molecule is CCOC(=O)[C@H]1C[C@@H](NCc2ccc(-c3noc(-c4ccc(C)cc4)n3)cc2)C1. The Morgan fingerprint density at radius 1 is 1.10 bits per heavy atom. The zero-order valence-corrected chi connectivity index (χ0v) is 16.7. The van der Waals surface area contributed by atoms with Crippen LogP contribution in [0.15, 0.2) is 53.1 Å². The number of nitrogens with zero attached hydrogens (tertiary/aromatic N) is 2. The first kappa shape index (κ1) is 19.3. The van der Waals surface area contributed by atoms with E-state index < -0.39 is 0 Å². The van der Waals surface area contributed by atoms with Gasteiger partial charge in [0.15, 0.2) is 0 Å². The molecular formula is C23H25N3O3. The molecule has 0 bridgehead atoms. The van der Waals surface area contributed by atoms with Crippen LogP contribution in [0, 0.1) is 12.8 Å². The lowest BCUT2D eigenvalue weighted by Gasteiger charge is -2.34. The van der Waals surface area contributed by atoms with Gasteiger partial charge in [-0.05, 0) is 44.4 Å². The molecule has 1 heterocycles. The molecule has 0 atom stereocenters. The number of aromatic nitrogens is 2. The fourth-order valence-electron chi connectivity index (χ4n) is 3.43. The third-order valence-electron chi connectivity index (χ3n) is 5.29. The Balaban J connectivity index is 1.31. The van der Waals surface area contributed by atoms with E-state index in [-0.39, 0.29) is 11.9 Å². The summed E-state index contributed by atoms with van der Waals surface area (Å²) >= 11 is 0. The van der Waals surface area contributed by atoms with E-state index in [0.717, 1.165) is 30.5 Å². The summed E-state index contributed by atoms with van der Waals surface area (Å²) in [4.78, 5) is 16.2. The lowest BCUT2D eigenvalue weighted by Crippen LogP contribution is -2.44. The number of carbonyl (C=O) groups excluding carboxylic acids is 1. The number of hydrogen-bond acceptors (Lipinski definition) is 6. The van der Waals surface area contributed by atoms with Crippen LogP contribution in [-0.2, 0) is 16.1 Å². The molecule has 4 rings (SSSR count). The first-order chi connectivity index (χ1) is 14.1. The van der Waals surface area contributed by atoms with Gasteiger partial charge in [-0.2, -0.15) is 4.98 Å². The predicted octanol–water partition coefficient (Wildman–Crippen LogP) is 4.14. The normalized spacial score (nSPS) is 18.3. The minimum Gasteiger partial charge on any atom is -0.466 e. The van der Waals surface area contributed by atoms with Crippen molar-refractivity contribution in [2.75, 3.05) is 6.61 Å². The molecule has 150 valence electrons. The maximum absolute atomic E-state index is 11.7. The number of benzene rings is 2. The Bertz CT molecular complexity index is 958. The molecule has 0 amide bonds. The van der Waals surface area contributed by atoms with Crippen LogP contribution >= 0.6 is 0 Å². The highest BCUT2D eigenvalue weighted by molar-refractivity contribution is 5.73. The van der Waals surface area contributed by atoms with Gasteiger partial charge >= 0.3 is 5.97 Å². The molecule has 0 aliphatic heterocycles. The van der Waals surface area contributed by atoms with Crippen molar-refractivity contribution in [1.29, 1.82) is 0 Å². The fourth-order valence-corrected chi connectivity index (χ4v) is 3.43. The topological polar surface area (TPSA) is 77.2 Å². The zero-order valence-electron chi connectivity index (χ0n) is 16.7. The van der Waals surface area contributed by atoms with Crippen LogP contribution in [0.5, 0.6) is 0 Å². The lowest BCUT2D eigenvalue weighted by molar-refractivity contribution is -0.151. The number of rotatable bonds is 7. The predicted molar refractivity (Wildman–Crippen MR) is 110 cm³/mol. The van der Waals surface area contributed by atoms with Crippen molar-refractivity contribution in [3.8, 4) is 22.8 Å². The second-order valence-corrected chi connectivity index (χ2v) is 7.48. The monoisotopic (exact) mass is 391 g/mol. The summed E-state index contributed by atoms with van der Waals surface area (Å²) in [5, 5.41) is 7.60. The Labute approximate surface area is 170 Å². The molecular weight excluding hydrogens is 366 g/mol. The summed E-state index contributed by atoms with van der Waals surface area (Å²) in [6.07, 6.45) is 1.70. The highest BCUT2D eigenvalue weighted by Gasteiger charge is 2.35. The van der Waals surface area contributed by atoms with Crippen LogP contribution in [0.2, 0.25) is 0 Å². The number of aryl methyl sites for hydroxylation is 1. The van der Waals surface area contributed by atoms with Gasteiger partial charge in [0.25, 0.3) is 5.89 Å². The molecule has 1 aliphatic rings. The van der Waals surface area contributed by atoms with Gasteiger partial charge in [0, 0.05) is 23.7 Å². The van der Waals surface area contributed by atoms with Gasteiger partial charge < -0.3 is 14.6 Å². The number of carbonyl (C=O) groups is 1. The van der Waals surface area contributed by atoms with E-state index in [1.807, 2.05) is 50.2 Å². The third-order valence-corrected chi connectivity index (χ3v) is 5.29. The molecule has 0 radical (unpaired) electrons. The number of esters is 1. The van der Waals surface area contributed by atoms with Crippen LogP contribution in [0.4, 0.5) is 0 Å². The summed E-state index contributed by atoms with van der Waals surface area (Å²) < 4.78 is 10.5. The van der Waals surface area contributed by atoms with Crippen LogP contribution in [0.25, 0.3) is 22.8 Å². The van der Waals surface area contributed by atoms with Gasteiger partial charge in [0.1, 0.15) is 0 Å². The Kier molecular flexibility index (Phi) is 5.71. The molecule has 3 aromatic rings. The van der Waals surface area contributed by atoms with Crippen molar-refractivity contribution in [3.63, 3.8) is 0 Å². The summed E-state index contributed by atoms with van der Waals surface area (Å²) in [6, 6.07) is 16.5. The van der Waals surface area contributed by atoms with Crippen LogP contribution in [-0.4, -0.2) is 28.8 Å². The Morgan fingerprint density at radius 2 is 1.79 bits per heavy atom. The van der Waals surface area contributed by atoms with Gasteiger partial charge in [-0.3, -0.25) is 4.79 Å². The number of hydrogen-bond donors (Lipinski definition) is 1. The van der Waals surface area contributed by atoms with Crippen LogP contribution < -0.4 is 5.32 Å². The van der Waals surface area contributed by atoms with Gasteiger partial charge in [0.05, 0.1) is 12.5 Å². The minimum atomic E-state index is -0.0694. The molecule has 0 saturated heterocycles. The highest BCUT2D eigenvalue weighted by Crippen LogP contribution is 2.29. The van der Waals surface area contributed by atoms with Gasteiger partial charge in [-0.15, -0.1) is 0 Å². The van der Waals surface area contributed by atoms with E-state index in [4.69, 9.17) is 9.26 Å². The molecule has 6 heteroatoms. The van der Waals surface area contributed by atoms with Crippen molar-refractivity contribution in [2.24, 2.45) is 5.92 Å². The molecule has 1 aromatic heterocycles. The van der Waals surface area contributed by atoms with Gasteiger partial charge in [-0.1, -0.05) is 47.1 Å². The smallest absolute Gasteiger partial charge is 0.309 e. The zero-order chi connectivity index (χ0) is 20.2. The molecule has 1 N–H and O–H groups in total. The summed E-state index contributed by atoms with van der Waals surface area (Å²) in [6.45, 7) is 5.10. The van der Waals surface area contributed by atoms with Crippen molar-refractivity contribution < 1.29 is 14.1 Å². The van der Waals surface area contributed by atoms with Gasteiger partial charge in [-0.25, -0.2) is 0 Å². The maximum atomic E-state index is 11.7. The largest absolute Gasteiger partial charge is 0.466 e. The van der Waals surface area contributed by atoms with Crippen LogP contribution in [0.3, 0.4) is 0 Å². The fraction of sp³-hybridized carbons (Fsp3) is 0.348. The first-order valence-corrected chi connectivity index (χ1v) is 10.0. The maximum Gasteiger partial charge on any atom is 0.309 e. The molecule has 2 aromatic carbocycles. The average molecular weight is 391 g/mol. The van der Waals surface area contributed by atoms with Crippen molar-refractivity contribution >= 4 is 5.97 Å². The molecule has 1 saturated carbocycles. The van der Waals surface area contributed by atoms with Crippen molar-refractivity contribution in [3.05, 3.63) is 59.7 Å². The summed E-state index contributed by atoms with van der Waals surface area (Å²) in [5.74, 6) is 1.08. The standard InChI is InChI=1S/C23H25N3O3/c1-3-28-23(27)19-12-20(13-19)24-14-16-6-10-17(11-7-16)21-25-22(29-26-21)18-8-4-15(2)5-9-18/h4-11,19-20,24H,3,12-14H2,1-2H3/t19-,20+. The minimum absolute atomic E-state index is 0.0517. The van der Waals surface area contributed by atoms with Crippen molar-refractivity contribution in [1.82, 2.24) is 15.5 Å². The number of nitrogens with one attached hydrogen (secondary N) is 1. The van der Waals surface area contributed by atoms with Crippen LogP contribution in [0.1, 0.15) is 30.9 Å². The second kappa shape index (κ2) is 8.57. The van der Waals surface area contributed by atoms with Crippen molar-refractivity contribution in [2.45, 2.75) is 39.3 Å². The van der Waals surface area contributed by atoms with E-state index in [1.165, 1.54) is 11.1 Å².